The topological polar surface area (TPSA) is 118 Å². The highest BCUT2D eigenvalue weighted by Crippen LogP contribution is 2.30. The summed E-state index contributed by atoms with van der Waals surface area (Å²) in [5.74, 6) is -1.52. The number of carbonyl (C=O) groups excluding carboxylic acids is 4. The number of aliphatic imine (C=N–C) groups is 1. The van der Waals surface area contributed by atoms with Crippen molar-refractivity contribution in [2.45, 2.75) is 70.1 Å². The van der Waals surface area contributed by atoms with Gasteiger partial charge in [0.1, 0.15) is 12.9 Å². The molecule has 1 heterocycles. The molecule has 1 aliphatic carbocycles. The minimum Gasteiger partial charge on any atom is -0.445 e. The van der Waals surface area contributed by atoms with Crippen LogP contribution in [0.15, 0.2) is 53.8 Å². The van der Waals surface area contributed by atoms with Gasteiger partial charge in [-0.25, -0.2) is 9.79 Å². The van der Waals surface area contributed by atoms with E-state index in [1.54, 1.807) is 48.6 Å². The van der Waals surface area contributed by atoms with Crippen LogP contribution in [-0.4, -0.2) is 69.8 Å². The Labute approximate surface area is 262 Å². The zero-order chi connectivity index (χ0) is 31.0. The van der Waals surface area contributed by atoms with Crippen molar-refractivity contribution in [3.63, 3.8) is 0 Å². The van der Waals surface area contributed by atoms with Crippen LogP contribution in [-0.2, 0) is 32.1 Å². The van der Waals surface area contributed by atoms with E-state index in [1.807, 2.05) is 12.1 Å². The molecule has 2 aromatic rings. The van der Waals surface area contributed by atoms with Gasteiger partial charge in [0, 0.05) is 49.3 Å². The molecule has 0 saturated heterocycles. The van der Waals surface area contributed by atoms with Gasteiger partial charge in [-0.2, -0.15) is 0 Å². The Balaban J connectivity index is 1.54. The molecule has 1 saturated carbocycles. The summed E-state index contributed by atoms with van der Waals surface area (Å²) in [5.41, 5.74) is 1.11. The fraction of sp³-hybridized carbons (Fsp3) is 0.500. The van der Waals surface area contributed by atoms with Crippen LogP contribution in [0.3, 0.4) is 0 Å². The number of aldehydes is 1. The molecule has 1 aromatic heterocycles. The molecule has 1 aliphatic rings. The third-order valence-corrected chi connectivity index (χ3v) is 8.52. The van der Waals surface area contributed by atoms with E-state index in [0.29, 0.717) is 36.6 Å². The molecule has 2 unspecified atom stereocenters. The molecule has 11 heteroatoms. The van der Waals surface area contributed by atoms with Gasteiger partial charge in [0.25, 0.3) is 0 Å². The maximum Gasteiger partial charge on any atom is 0.407 e. The summed E-state index contributed by atoms with van der Waals surface area (Å²) in [7, 11) is 5.28. The third-order valence-electron chi connectivity index (χ3n) is 7.73. The molecule has 3 radical (unpaired) electrons. The number of halogens is 1. The van der Waals surface area contributed by atoms with Gasteiger partial charge in [-0.1, -0.05) is 55.8 Å². The van der Waals surface area contributed by atoms with Crippen LogP contribution in [0.1, 0.15) is 62.5 Å². The van der Waals surface area contributed by atoms with E-state index >= 15 is 0 Å². The molecular weight excluding hydrogens is 584 g/mol. The van der Waals surface area contributed by atoms with Crippen molar-refractivity contribution in [3.8, 4) is 0 Å². The Morgan fingerprint density at radius 3 is 2.60 bits per heavy atom. The van der Waals surface area contributed by atoms with E-state index in [0.717, 1.165) is 36.8 Å². The number of benzene rings is 1. The van der Waals surface area contributed by atoms with Crippen LogP contribution in [0.25, 0.3) is 0 Å². The van der Waals surface area contributed by atoms with E-state index in [4.69, 9.17) is 16.3 Å². The summed E-state index contributed by atoms with van der Waals surface area (Å²) in [6.07, 6.45) is 11.9. The summed E-state index contributed by atoms with van der Waals surface area (Å²) in [4.78, 5) is 60.0. The van der Waals surface area contributed by atoms with Crippen LogP contribution in [0.4, 0.5) is 4.79 Å². The molecule has 43 heavy (non-hydrogen) atoms. The number of ether oxygens (including phenoxy) is 1. The molecule has 0 aliphatic heterocycles. The Bertz CT molecular complexity index is 1230. The summed E-state index contributed by atoms with van der Waals surface area (Å²) >= 11 is 6.00. The predicted molar refractivity (Wildman–Crippen MR) is 167 cm³/mol. The number of aromatic nitrogens is 1. The predicted octanol–water partition coefficient (Wildman–Crippen LogP) is 4.94. The van der Waals surface area contributed by atoms with E-state index in [2.05, 4.69) is 25.5 Å². The minimum atomic E-state index is -0.719. The number of hydrogen-bond acceptors (Lipinski definition) is 6. The molecule has 0 spiro atoms. The fourth-order valence-corrected chi connectivity index (χ4v) is 5.71. The summed E-state index contributed by atoms with van der Waals surface area (Å²) in [6.45, 7) is 0.578. The van der Waals surface area contributed by atoms with Crippen molar-refractivity contribution in [2.24, 2.45) is 22.7 Å². The molecule has 1 aromatic carbocycles. The van der Waals surface area contributed by atoms with Crippen molar-refractivity contribution in [2.75, 3.05) is 13.6 Å². The highest BCUT2D eigenvalue weighted by Gasteiger charge is 2.30. The lowest BCUT2D eigenvalue weighted by Crippen LogP contribution is -2.44. The molecule has 1 fully saturated rings. The zero-order valence-corrected chi connectivity index (χ0v) is 26.4. The molecule has 1 N–H and O–H groups in total. The first kappa shape index (κ1) is 34.1. The van der Waals surface area contributed by atoms with Crippen LogP contribution in [0.2, 0.25) is 5.02 Å². The second kappa shape index (κ2) is 18.3. The van der Waals surface area contributed by atoms with E-state index in [1.165, 1.54) is 12.6 Å². The van der Waals surface area contributed by atoms with E-state index in [-0.39, 0.29) is 25.4 Å². The van der Waals surface area contributed by atoms with E-state index < -0.39 is 29.5 Å². The van der Waals surface area contributed by atoms with Gasteiger partial charge >= 0.3 is 6.09 Å². The van der Waals surface area contributed by atoms with Gasteiger partial charge in [0.15, 0.2) is 0 Å². The van der Waals surface area contributed by atoms with Crippen LogP contribution in [0.5, 0.6) is 0 Å². The van der Waals surface area contributed by atoms with Gasteiger partial charge < -0.3 is 19.7 Å². The van der Waals surface area contributed by atoms with Crippen LogP contribution < -0.4 is 5.32 Å². The quantitative estimate of drug-likeness (QED) is 0.171. The number of pyridine rings is 1. The SMILES string of the molecule is CN(CCc1ccncc1)C(=O)CCC(C=O)C=NC(=O)[C@H](CC1CCCCC1)C([Si])NC(=O)OCc1cccc(Cl)c1. The second-order valence-corrected chi connectivity index (χ2v) is 12.1. The number of alkyl carbamates (subject to hydrolysis) is 1. The average Bonchev–Trinajstić information content (AvgIpc) is 3.02. The second-order valence-electron chi connectivity index (χ2n) is 11.1. The van der Waals surface area contributed by atoms with Crippen LogP contribution in [0, 0.1) is 17.8 Å². The van der Waals surface area contributed by atoms with Gasteiger partial charge in [-0.3, -0.25) is 14.6 Å². The average molecular weight is 624 g/mol. The molecule has 0 bridgehead atoms. The first-order valence-corrected chi connectivity index (χ1v) is 15.8. The Kier molecular flexibility index (Phi) is 14.5. The number of amides is 3. The lowest BCUT2D eigenvalue weighted by Gasteiger charge is -2.28. The van der Waals surface area contributed by atoms with Gasteiger partial charge in [-0.05, 0) is 60.6 Å². The zero-order valence-electron chi connectivity index (χ0n) is 24.6. The standard InChI is InChI=1S/C32H40ClN4O5Si/c1-37(17-14-23-12-15-34-16-13-23)29(39)11-10-26(21-38)20-35-30(40)28(19-24-6-3-2-4-7-24)31(43)36-32(41)42-22-25-8-5-9-27(33)18-25/h5,8-9,12-13,15-16,18,20-21,24,26,28,31H,2-4,6-7,10-11,14,17,19,22H2,1H3,(H,36,41)/t26?,28-,31?/m0/s1. The van der Waals surface area contributed by atoms with E-state index in [9.17, 15) is 19.2 Å². The van der Waals surface area contributed by atoms with Crippen molar-refractivity contribution < 1.29 is 23.9 Å². The van der Waals surface area contributed by atoms with Crippen molar-refractivity contribution >= 4 is 52.3 Å². The maximum absolute atomic E-state index is 13.3. The van der Waals surface area contributed by atoms with Crippen LogP contribution >= 0.6 is 11.6 Å². The number of carbonyl (C=O) groups is 4. The third kappa shape index (κ3) is 12.4. The number of nitrogens with one attached hydrogen (secondary N) is 1. The molecule has 3 atom stereocenters. The monoisotopic (exact) mass is 623 g/mol. The Hall–Kier alpha value is -3.37. The normalized spacial score (nSPS) is 15.8. The molecule has 3 rings (SSSR count). The summed E-state index contributed by atoms with van der Waals surface area (Å²) in [5, 5.41) is 3.26. The lowest BCUT2D eigenvalue weighted by molar-refractivity contribution is -0.130. The van der Waals surface area contributed by atoms with Crippen molar-refractivity contribution in [1.82, 2.24) is 15.2 Å². The van der Waals surface area contributed by atoms with Crippen molar-refractivity contribution in [1.29, 1.82) is 0 Å². The number of rotatable bonds is 15. The molecule has 229 valence electrons. The molecule has 3 amide bonds. The largest absolute Gasteiger partial charge is 0.445 e. The summed E-state index contributed by atoms with van der Waals surface area (Å²) < 4.78 is 5.33. The van der Waals surface area contributed by atoms with Gasteiger partial charge in [0.2, 0.25) is 11.8 Å². The highest BCUT2D eigenvalue weighted by atomic mass is 35.5. The Morgan fingerprint density at radius 1 is 1.16 bits per heavy atom. The first-order chi connectivity index (χ1) is 20.7. The van der Waals surface area contributed by atoms with Gasteiger partial charge in [0.05, 0.1) is 22.1 Å². The highest BCUT2D eigenvalue weighted by molar-refractivity contribution is 6.30. The number of likely N-dealkylation sites (N-methyl/N-ethyl adjacent to an activating group) is 1. The Morgan fingerprint density at radius 2 is 1.91 bits per heavy atom. The summed E-state index contributed by atoms with van der Waals surface area (Å²) in [6, 6.07) is 10.8. The molecular formula is C32H40ClN4O5Si. The smallest absolute Gasteiger partial charge is 0.407 e. The number of hydrogen-bond donors (Lipinski definition) is 1. The number of nitrogens with zero attached hydrogens (tertiary/aromatic N) is 3. The maximum atomic E-state index is 13.3. The van der Waals surface area contributed by atoms with Crippen molar-refractivity contribution in [3.05, 3.63) is 64.9 Å². The minimum absolute atomic E-state index is 0.0311. The first-order valence-electron chi connectivity index (χ1n) is 14.8. The molecule has 9 nitrogen and oxygen atoms in total. The van der Waals surface area contributed by atoms with Gasteiger partial charge in [-0.15, -0.1) is 0 Å². The lowest BCUT2D eigenvalue weighted by atomic mass is 9.82. The fourth-order valence-electron chi connectivity index (χ4n) is 5.10.